The second-order valence-corrected chi connectivity index (χ2v) is 4.74. The van der Waals surface area contributed by atoms with Crippen LogP contribution in [-0.2, 0) is 14.3 Å². The van der Waals surface area contributed by atoms with Crippen LogP contribution < -0.4 is 5.32 Å². The van der Waals surface area contributed by atoms with Crippen LogP contribution in [0.5, 0.6) is 0 Å². The van der Waals surface area contributed by atoms with Crippen LogP contribution in [0.2, 0.25) is 0 Å². The predicted molar refractivity (Wildman–Crippen MR) is 60.0 cm³/mol. The maximum absolute atomic E-state index is 11.7. The number of hydrogen-bond acceptors (Lipinski definition) is 4. The van der Waals surface area contributed by atoms with Gasteiger partial charge in [0, 0.05) is 19.8 Å². The smallest absolute Gasteiger partial charge is 0.310 e. The molecule has 0 radical (unpaired) electrons. The van der Waals surface area contributed by atoms with Gasteiger partial charge in [-0.05, 0) is 37.6 Å². The molecule has 2 fully saturated rings. The molecular weight excluding hydrogens is 206 g/mol. The van der Waals surface area contributed by atoms with Crippen molar-refractivity contribution in [2.75, 3.05) is 33.4 Å². The van der Waals surface area contributed by atoms with Crippen LogP contribution in [0.3, 0.4) is 0 Å². The van der Waals surface area contributed by atoms with Crippen LogP contribution in [0.15, 0.2) is 0 Å². The van der Waals surface area contributed by atoms with Crippen molar-refractivity contribution in [2.45, 2.75) is 19.3 Å². The van der Waals surface area contributed by atoms with Gasteiger partial charge in [-0.25, -0.2) is 0 Å². The summed E-state index contributed by atoms with van der Waals surface area (Å²) < 4.78 is 10.3. The average Bonchev–Trinajstić information content (AvgIpc) is 2.39. The lowest BCUT2D eigenvalue weighted by Crippen LogP contribution is -2.45. The summed E-state index contributed by atoms with van der Waals surface area (Å²) in [6.45, 7) is 3.50. The molecule has 0 spiro atoms. The molecular formula is C12H21NO3. The highest BCUT2D eigenvalue weighted by atomic mass is 16.5. The van der Waals surface area contributed by atoms with Gasteiger partial charge < -0.3 is 14.8 Å². The molecule has 0 aromatic heterocycles. The Morgan fingerprint density at radius 2 is 2.06 bits per heavy atom. The Morgan fingerprint density at radius 1 is 1.31 bits per heavy atom. The second kappa shape index (κ2) is 5.64. The van der Waals surface area contributed by atoms with Crippen LogP contribution in [0.25, 0.3) is 0 Å². The first kappa shape index (κ1) is 11.9. The summed E-state index contributed by atoms with van der Waals surface area (Å²) in [6, 6.07) is 0. The number of hydrogen-bond donors (Lipinski definition) is 1. The number of ether oxygens (including phenoxy) is 2. The zero-order chi connectivity index (χ0) is 11.4. The first-order chi connectivity index (χ1) is 7.83. The molecule has 2 atom stereocenters. The molecule has 0 aromatic carbocycles. The van der Waals surface area contributed by atoms with Gasteiger partial charge in [-0.1, -0.05) is 0 Å². The Balaban J connectivity index is 2.00. The zero-order valence-corrected chi connectivity index (χ0v) is 9.91. The fourth-order valence-electron chi connectivity index (χ4n) is 3.00. The van der Waals surface area contributed by atoms with E-state index in [4.69, 9.17) is 9.47 Å². The normalized spacial score (nSPS) is 32.3. The molecule has 4 nitrogen and oxygen atoms in total. The summed E-state index contributed by atoms with van der Waals surface area (Å²) in [5, 5.41) is 3.29. The van der Waals surface area contributed by atoms with E-state index in [1.165, 1.54) is 7.11 Å². The quantitative estimate of drug-likeness (QED) is 0.709. The number of carbonyl (C=O) groups excluding carboxylic acids is 1. The van der Waals surface area contributed by atoms with Crippen LogP contribution >= 0.6 is 0 Å². The summed E-state index contributed by atoms with van der Waals surface area (Å²) in [7, 11) is 1.48. The molecule has 0 saturated carbocycles. The molecule has 92 valence electrons. The molecule has 0 bridgehead atoms. The number of methoxy groups -OCH3 is 1. The molecule has 2 heterocycles. The van der Waals surface area contributed by atoms with Gasteiger partial charge in [-0.2, -0.15) is 0 Å². The second-order valence-electron chi connectivity index (χ2n) is 4.74. The van der Waals surface area contributed by atoms with Crippen LogP contribution in [0, 0.1) is 17.8 Å². The van der Waals surface area contributed by atoms with E-state index >= 15 is 0 Å². The Kier molecular flexibility index (Phi) is 4.18. The SMILES string of the molecule is COC(=O)C1CNCCC1C1CCOCC1. The summed E-state index contributed by atoms with van der Waals surface area (Å²) in [6.07, 6.45) is 3.28. The predicted octanol–water partition coefficient (Wildman–Crippen LogP) is 0.812. The molecule has 0 aromatic rings. The van der Waals surface area contributed by atoms with Crippen molar-refractivity contribution in [3.05, 3.63) is 0 Å². The lowest BCUT2D eigenvalue weighted by atomic mass is 9.74. The summed E-state index contributed by atoms with van der Waals surface area (Å²) >= 11 is 0. The summed E-state index contributed by atoms with van der Waals surface area (Å²) in [5.41, 5.74) is 0. The summed E-state index contributed by atoms with van der Waals surface area (Å²) in [5.74, 6) is 1.11. The van der Waals surface area contributed by atoms with Gasteiger partial charge in [-0.15, -0.1) is 0 Å². The lowest BCUT2D eigenvalue weighted by Gasteiger charge is -2.37. The van der Waals surface area contributed by atoms with Crippen LogP contribution in [0.4, 0.5) is 0 Å². The van der Waals surface area contributed by atoms with Crippen molar-refractivity contribution in [2.24, 2.45) is 17.8 Å². The standard InChI is InChI=1S/C12H21NO3/c1-15-12(14)11-8-13-5-2-10(11)9-3-6-16-7-4-9/h9-11,13H,2-8H2,1H3. The Hall–Kier alpha value is -0.610. The van der Waals surface area contributed by atoms with E-state index < -0.39 is 0 Å². The third-order valence-electron chi connectivity index (χ3n) is 3.91. The highest BCUT2D eigenvalue weighted by Gasteiger charge is 2.37. The topological polar surface area (TPSA) is 47.6 Å². The molecule has 16 heavy (non-hydrogen) atoms. The van der Waals surface area contributed by atoms with Crippen molar-refractivity contribution < 1.29 is 14.3 Å². The highest BCUT2D eigenvalue weighted by Crippen LogP contribution is 2.34. The van der Waals surface area contributed by atoms with Crippen molar-refractivity contribution in [1.29, 1.82) is 0 Å². The molecule has 2 aliphatic heterocycles. The van der Waals surface area contributed by atoms with Crippen LogP contribution in [-0.4, -0.2) is 39.4 Å². The Morgan fingerprint density at radius 3 is 2.75 bits per heavy atom. The van der Waals surface area contributed by atoms with Gasteiger partial charge in [-0.3, -0.25) is 4.79 Å². The van der Waals surface area contributed by atoms with E-state index in [1.54, 1.807) is 0 Å². The number of rotatable bonds is 2. The molecule has 2 rings (SSSR count). The van der Waals surface area contributed by atoms with E-state index in [0.29, 0.717) is 11.8 Å². The highest BCUT2D eigenvalue weighted by molar-refractivity contribution is 5.73. The molecule has 1 N–H and O–H groups in total. The minimum Gasteiger partial charge on any atom is -0.469 e. The minimum absolute atomic E-state index is 0.0434. The fourth-order valence-corrected chi connectivity index (χ4v) is 3.00. The minimum atomic E-state index is -0.0521. The average molecular weight is 227 g/mol. The van der Waals surface area contributed by atoms with Gasteiger partial charge in [0.25, 0.3) is 0 Å². The number of esters is 1. The van der Waals surface area contributed by atoms with Gasteiger partial charge >= 0.3 is 5.97 Å². The van der Waals surface area contributed by atoms with E-state index in [1.807, 2.05) is 0 Å². The van der Waals surface area contributed by atoms with Gasteiger partial charge in [0.2, 0.25) is 0 Å². The molecule has 4 heteroatoms. The van der Waals surface area contributed by atoms with E-state index in [9.17, 15) is 4.79 Å². The van der Waals surface area contributed by atoms with Gasteiger partial charge in [0.1, 0.15) is 0 Å². The van der Waals surface area contributed by atoms with Crippen LogP contribution in [0.1, 0.15) is 19.3 Å². The van der Waals surface area contributed by atoms with E-state index in [2.05, 4.69) is 5.32 Å². The van der Waals surface area contributed by atoms with Crippen molar-refractivity contribution in [3.8, 4) is 0 Å². The van der Waals surface area contributed by atoms with E-state index in [0.717, 1.165) is 45.6 Å². The zero-order valence-electron chi connectivity index (χ0n) is 9.91. The monoisotopic (exact) mass is 227 g/mol. The molecule has 0 aliphatic carbocycles. The Labute approximate surface area is 96.7 Å². The van der Waals surface area contributed by atoms with E-state index in [-0.39, 0.29) is 11.9 Å². The maximum Gasteiger partial charge on any atom is 0.310 e. The number of nitrogens with one attached hydrogen (secondary N) is 1. The van der Waals surface area contributed by atoms with Gasteiger partial charge in [0.05, 0.1) is 13.0 Å². The lowest BCUT2D eigenvalue weighted by molar-refractivity contribution is -0.149. The van der Waals surface area contributed by atoms with Gasteiger partial charge in [0.15, 0.2) is 0 Å². The number of piperidine rings is 1. The molecule has 2 saturated heterocycles. The summed E-state index contributed by atoms with van der Waals surface area (Å²) in [4.78, 5) is 11.7. The molecule has 2 aliphatic rings. The Bertz CT molecular complexity index is 238. The largest absolute Gasteiger partial charge is 0.469 e. The first-order valence-corrected chi connectivity index (χ1v) is 6.19. The molecule has 0 amide bonds. The van der Waals surface area contributed by atoms with Crippen molar-refractivity contribution in [3.63, 3.8) is 0 Å². The fraction of sp³-hybridized carbons (Fsp3) is 0.917. The molecule has 2 unspecified atom stereocenters. The first-order valence-electron chi connectivity index (χ1n) is 6.19. The number of carbonyl (C=O) groups is 1. The third kappa shape index (κ3) is 2.55. The van der Waals surface area contributed by atoms with Crippen molar-refractivity contribution >= 4 is 5.97 Å². The maximum atomic E-state index is 11.7. The third-order valence-corrected chi connectivity index (χ3v) is 3.91. The van der Waals surface area contributed by atoms with Crippen molar-refractivity contribution in [1.82, 2.24) is 5.32 Å².